The molecule has 0 saturated carbocycles. The molecule has 0 N–H and O–H groups in total. The topological polar surface area (TPSA) is 36.8 Å². The van der Waals surface area contributed by atoms with Gasteiger partial charge in [-0.3, -0.25) is 4.90 Å². The number of pyridine rings is 1. The Morgan fingerprint density at radius 1 is 0.438 bits per heavy atom. The van der Waals surface area contributed by atoms with E-state index in [4.69, 9.17) is 9.72 Å². The maximum Gasteiger partial charge on any atom is 0.137 e. The summed E-state index contributed by atoms with van der Waals surface area (Å²) < 4.78 is 9.25. The van der Waals surface area contributed by atoms with E-state index in [0.29, 0.717) is 6.67 Å². The number of aromatic nitrogens is 2. The minimum absolute atomic E-state index is 0.0466. The molecule has 4 heterocycles. The average molecular weight is 828 g/mol. The van der Waals surface area contributed by atoms with Crippen LogP contribution in [0.2, 0.25) is 0 Å². The number of hydrogen-bond acceptors (Lipinski definition) is 5. The second kappa shape index (κ2) is 14.8. The van der Waals surface area contributed by atoms with Crippen LogP contribution >= 0.6 is 0 Å². The number of rotatable bonds is 6. The van der Waals surface area contributed by atoms with Crippen molar-refractivity contribution in [3.8, 4) is 39.4 Å². The van der Waals surface area contributed by atoms with E-state index < -0.39 is 0 Å². The van der Waals surface area contributed by atoms with Gasteiger partial charge in [0.1, 0.15) is 24.0 Å². The Kier molecular flexibility index (Phi) is 8.70. The molecule has 0 atom stereocenters. The second-order valence-electron chi connectivity index (χ2n) is 17.7. The molecule has 6 nitrogen and oxygen atoms in total. The highest BCUT2D eigenvalue weighted by Gasteiger charge is 2.30. The van der Waals surface area contributed by atoms with Gasteiger partial charge in [0.05, 0.1) is 33.8 Å². The minimum atomic E-state index is -0.0466. The van der Waals surface area contributed by atoms with Gasteiger partial charge in [-0.2, -0.15) is 0 Å². The summed E-state index contributed by atoms with van der Waals surface area (Å²) in [7, 11) is 0. The minimum Gasteiger partial charge on any atom is -0.457 e. The fraction of sp³-hybridized carbons (Fsp3) is 0.0862. The number of hydrogen-bond donors (Lipinski definition) is 0. The first-order chi connectivity index (χ1) is 31.4. The highest BCUT2D eigenvalue weighted by atomic mass is 16.5. The van der Waals surface area contributed by atoms with Crippen molar-refractivity contribution in [1.29, 1.82) is 0 Å². The Morgan fingerprint density at radius 3 is 1.81 bits per heavy atom. The summed E-state index contributed by atoms with van der Waals surface area (Å²) in [6.45, 7) is 7.39. The van der Waals surface area contributed by atoms with Crippen LogP contribution < -0.4 is 19.4 Å². The molecular formula is C58H45N5O. The first-order valence-electron chi connectivity index (χ1n) is 22.0. The zero-order valence-electron chi connectivity index (χ0n) is 36.0. The predicted octanol–water partition coefficient (Wildman–Crippen LogP) is 15.6. The first-order valence-corrected chi connectivity index (χ1v) is 22.0. The van der Waals surface area contributed by atoms with E-state index in [1.165, 1.54) is 38.5 Å². The zero-order chi connectivity index (χ0) is 42.9. The van der Waals surface area contributed by atoms with Crippen LogP contribution in [0.3, 0.4) is 0 Å². The lowest BCUT2D eigenvalue weighted by molar-refractivity contribution is 0.483. The lowest BCUT2D eigenvalue weighted by Gasteiger charge is -2.28. The fourth-order valence-corrected chi connectivity index (χ4v) is 9.71. The average Bonchev–Trinajstić information content (AvgIpc) is 3.85. The molecule has 10 aromatic rings. The molecule has 0 amide bonds. The van der Waals surface area contributed by atoms with Gasteiger partial charge in [0.25, 0.3) is 0 Å². The van der Waals surface area contributed by atoms with E-state index in [1.54, 1.807) is 0 Å². The third-order valence-electron chi connectivity index (χ3n) is 12.8. The normalized spacial score (nSPS) is 13.1. The van der Waals surface area contributed by atoms with E-state index in [2.05, 4.69) is 234 Å². The van der Waals surface area contributed by atoms with Crippen molar-refractivity contribution in [1.82, 2.24) is 9.55 Å². The van der Waals surface area contributed by atoms with Crippen LogP contribution in [0.25, 0.3) is 49.7 Å². The summed E-state index contributed by atoms with van der Waals surface area (Å²) in [6.07, 6.45) is 1.93. The summed E-state index contributed by atoms with van der Waals surface area (Å²) >= 11 is 0. The van der Waals surface area contributed by atoms with Gasteiger partial charge in [-0.05, 0) is 107 Å². The van der Waals surface area contributed by atoms with Gasteiger partial charge in [-0.25, -0.2) is 4.98 Å². The smallest absolute Gasteiger partial charge is 0.137 e. The number of para-hydroxylation sites is 5. The molecule has 2 aromatic heterocycles. The molecule has 0 radical (unpaired) electrons. The number of benzene rings is 8. The zero-order valence-corrected chi connectivity index (χ0v) is 36.0. The Bertz CT molecular complexity index is 3420. The molecule has 0 aliphatic carbocycles. The van der Waals surface area contributed by atoms with Gasteiger partial charge < -0.3 is 19.1 Å². The summed E-state index contributed by atoms with van der Waals surface area (Å²) in [6, 6.07) is 71.5. The molecule has 0 bridgehead atoms. The van der Waals surface area contributed by atoms with Gasteiger partial charge >= 0.3 is 0 Å². The molecule has 2 aliphatic heterocycles. The standard InChI is InChI=1S/C58H45N5O/c1-58(2,3)39-32-33-59-57(34-39)63-52-25-12-9-22-47(52)45-20-7-8-21-46(45)49-31-29-44(37-56(49)63)64-43-19-15-18-41(35-43)60-38-61(54-27-14-13-26-53(54)60)42-28-30-50-48-23-10-11-24-51(48)62(55(50)36-42)40-16-5-4-6-17-40/h4-37H,38H2,1-3H3. The van der Waals surface area contributed by atoms with E-state index in [9.17, 15) is 0 Å². The quantitative estimate of drug-likeness (QED) is 0.167. The lowest BCUT2D eigenvalue weighted by atomic mass is 9.87. The molecule has 64 heavy (non-hydrogen) atoms. The van der Waals surface area contributed by atoms with Crippen molar-refractivity contribution in [3.63, 3.8) is 0 Å². The summed E-state index contributed by atoms with van der Waals surface area (Å²) in [5, 5.41) is 2.48. The third-order valence-corrected chi connectivity index (χ3v) is 12.8. The molecule has 6 heteroatoms. The number of fused-ring (bicyclic) bond motifs is 9. The van der Waals surface area contributed by atoms with Gasteiger partial charge in [0.15, 0.2) is 0 Å². The molecule has 2 aliphatic rings. The monoisotopic (exact) mass is 827 g/mol. The highest BCUT2D eigenvalue weighted by Crippen LogP contribution is 2.52. The number of anilines is 7. The number of ether oxygens (including phenoxy) is 1. The van der Waals surface area contributed by atoms with Crippen LogP contribution in [0.15, 0.2) is 206 Å². The Hall–Kier alpha value is -8.09. The summed E-state index contributed by atoms with van der Waals surface area (Å²) in [5.74, 6) is 2.37. The van der Waals surface area contributed by atoms with Crippen molar-refractivity contribution >= 4 is 61.7 Å². The molecule has 0 fully saturated rings. The van der Waals surface area contributed by atoms with Crippen molar-refractivity contribution < 1.29 is 4.74 Å². The van der Waals surface area contributed by atoms with Crippen molar-refractivity contribution in [2.75, 3.05) is 21.4 Å². The van der Waals surface area contributed by atoms with Crippen molar-refractivity contribution in [2.24, 2.45) is 0 Å². The predicted molar refractivity (Wildman–Crippen MR) is 265 cm³/mol. The summed E-state index contributed by atoms with van der Waals surface area (Å²) in [4.78, 5) is 12.1. The maximum atomic E-state index is 6.87. The lowest BCUT2D eigenvalue weighted by Crippen LogP contribution is -2.23. The Morgan fingerprint density at radius 2 is 1.05 bits per heavy atom. The van der Waals surface area contributed by atoms with Gasteiger partial charge in [0.2, 0.25) is 0 Å². The van der Waals surface area contributed by atoms with Gasteiger partial charge in [0, 0.05) is 57.3 Å². The van der Waals surface area contributed by atoms with Crippen molar-refractivity contribution in [3.05, 3.63) is 212 Å². The maximum absolute atomic E-state index is 6.87. The Balaban J connectivity index is 0.916. The van der Waals surface area contributed by atoms with Crippen LogP contribution in [-0.2, 0) is 5.41 Å². The largest absolute Gasteiger partial charge is 0.457 e. The fourth-order valence-electron chi connectivity index (χ4n) is 9.71. The number of nitrogens with zero attached hydrogens (tertiary/aromatic N) is 5. The second-order valence-corrected chi connectivity index (χ2v) is 17.7. The van der Waals surface area contributed by atoms with E-state index in [-0.39, 0.29) is 5.41 Å². The van der Waals surface area contributed by atoms with Gasteiger partial charge in [-0.15, -0.1) is 0 Å². The molecule has 12 rings (SSSR count). The molecule has 0 saturated heterocycles. The van der Waals surface area contributed by atoms with Crippen molar-refractivity contribution in [2.45, 2.75) is 26.2 Å². The van der Waals surface area contributed by atoms with Crippen LogP contribution in [-0.4, -0.2) is 16.2 Å². The van der Waals surface area contributed by atoms with E-state index in [1.807, 2.05) is 12.3 Å². The molecular weight excluding hydrogens is 783 g/mol. The third kappa shape index (κ3) is 6.21. The van der Waals surface area contributed by atoms with Crippen LogP contribution in [0.4, 0.5) is 39.9 Å². The molecule has 0 spiro atoms. The SMILES string of the molecule is CC(C)(C)c1ccnc(N2c3ccccc3-c3ccccc3-c3ccc(Oc4cccc(N5CN(c6ccc7c8ccccc8n(-c8ccccc8)c7c6)c6ccccc65)c4)cc32)c1. The van der Waals surface area contributed by atoms with Crippen LogP contribution in [0, 0.1) is 0 Å². The van der Waals surface area contributed by atoms with Crippen LogP contribution in [0.1, 0.15) is 26.3 Å². The molecule has 308 valence electrons. The molecule has 0 unspecified atom stereocenters. The highest BCUT2D eigenvalue weighted by molar-refractivity contribution is 6.10. The summed E-state index contributed by atoms with van der Waals surface area (Å²) in [5.41, 5.74) is 15.9. The Labute approximate surface area is 373 Å². The first kappa shape index (κ1) is 37.7. The van der Waals surface area contributed by atoms with E-state index >= 15 is 0 Å². The van der Waals surface area contributed by atoms with Gasteiger partial charge in [-0.1, -0.05) is 124 Å². The molecule has 8 aromatic carbocycles. The van der Waals surface area contributed by atoms with E-state index in [0.717, 1.165) is 68.3 Å². The van der Waals surface area contributed by atoms with Crippen LogP contribution in [0.5, 0.6) is 11.5 Å².